The number of rotatable bonds is 2. The number of hydrogen-bond donors (Lipinski definition) is 1. The van der Waals surface area contributed by atoms with Crippen molar-refractivity contribution in [2.75, 3.05) is 13.7 Å². The Labute approximate surface area is 102 Å². The number of benzene rings is 2. The SMILES string of the molecule is COc1ccc2ccccc2c1[C@@H]1CCCN1. The van der Waals surface area contributed by atoms with Gasteiger partial charge in [0.1, 0.15) is 5.75 Å². The van der Waals surface area contributed by atoms with Crippen LogP contribution in [0.3, 0.4) is 0 Å². The van der Waals surface area contributed by atoms with Crippen molar-refractivity contribution in [3.8, 4) is 5.75 Å². The van der Waals surface area contributed by atoms with Gasteiger partial charge < -0.3 is 10.1 Å². The molecule has 0 amide bonds. The lowest BCUT2D eigenvalue weighted by atomic mass is 9.96. The topological polar surface area (TPSA) is 21.3 Å². The van der Waals surface area contributed by atoms with Crippen molar-refractivity contribution in [2.45, 2.75) is 18.9 Å². The summed E-state index contributed by atoms with van der Waals surface area (Å²) in [4.78, 5) is 0. The van der Waals surface area contributed by atoms with Crippen LogP contribution in [-0.2, 0) is 0 Å². The van der Waals surface area contributed by atoms with Crippen molar-refractivity contribution in [1.82, 2.24) is 5.32 Å². The van der Waals surface area contributed by atoms with Crippen LogP contribution in [0, 0.1) is 0 Å². The van der Waals surface area contributed by atoms with Gasteiger partial charge in [0.15, 0.2) is 0 Å². The van der Waals surface area contributed by atoms with Gasteiger partial charge in [-0.05, 0) is 36.2 Å². The molecule has 0 spiro atoms. The number of methoxy groups -OCH3 is 1. The number of hydrogen-bond acceptors (Lipinski definition) is 2. The molecule has 17 heavy (non-hydrogen) atoms. The van der Waals surface area contributed by atoms with Gasteiger partial charge in [-0.15, -0.1) is 0 Å². The first-order chi connectivity index (χ1) is 8.40. The van der Waals surface area contributed by atoms with Crippen LogP contribution in [-0.4, -0.2) is 13.7 Å². The summed E-state index contributed by atoms with van der Waals surface area (Å²) in [5.41, 5.74) is 1.32. The Bertz CT molecular complexity index is 529. The molecular weight excluding hydrogens is 210 g/mol. The highest BCUT2D eigenvalue weighted by atomic mass is 16.5. The Morgan fingerprint density at radius 2 is 2.06 bits per heavy atom. The molecule has 1 aliphatic heterocycles. The summed E-state index contributed by atoms with van der Waals surface area (Å²) in [5, 5.41) is 6.16. The zero-order chi connectivity index (χ0) is 11.7. The molecule has 88 valence electrons. The molecule has 1 heterocycles. The lowest BCUT2D eigenvalue weighted by Gasteiger charge is -2.17. The average molecular weight is 227 g/mol. The van der Waals surface area contributed by atoms with Crippen LogP contribution < -0.4 is 10.1 Å². The molecule has 1 N–H and O–H groups in total. The van der Waals surface area contributed by atoms with Gasteiger partial charge in [-0.1, -0.05) is 30.3 Å². The fraction of sp³-hybridized carbons (Fsp3) is 0.333. The molecule has 2 nitrogen and oxygen atoms in total. The fourth-order valence-electron chi connectivity index (χ4n) is 2.74. The summed E-state index contributed by atoms with van der Waals surface area (Å²) in [6.45, 7) is 1.11. The van der Waals surface area contributed by atoms with E-state index in [1.807, 2.05) is 0 Å². The Morgan fingerprint density at radius 3 is 2.82 bits per heavy atom. The minimum absolute atomic E-state index is 0.441. The van der Waals surface area contributed by atoms with Crippen LogP contribution in [0.5, 0.6) is 5.75 Å². The van der Waals surface area contributed by atoms with Crippen LogP contribution >= 0.6 is 0 Å². The molecule has 2 heteroatoms. The van der Waals surface area contributed by atoms with E-state index in [0.29, 0.717) is 6.04 Å². The standard InChI is InChI=1S/C15H17NO/c1-17-14-9-8-11-5-2-3-6-12(11)15(14)13-7-4-10-16-13/h2-3,5-6,8-9,13,16H,4,7,10H2,1H3/t13-/m0/s1. The molecule has 2 aromatic rings. The van der Waals surface area contributed by atoms with Crippen molar-refractivity contribution in [3.05, 3.63) is 42.0 Å². The van der Waals surface area contributed by atoms with E-state index in [0.717, 1.165) is 12.3 Å². The maximum Gasteiger partial charge on any atom is 0.124 e. The van der Waals surface area contributed by atoms with Crippen molar-refractivity contribution >= 4 is 10.8 Å². The second-order valence-electron chi connectivity index (χ2n) is 4.55. The Balaban J connectivity index is 2.23. The van der Waals surface area contributed by atoms with Crippen molar-refractivity contribution in [1.29, 1.82) is 0 Å². The number of fused-ring (bicyclic) bond motifs is 1. The van der Waals surface area contributed by atoms with Crippen molar-refractivity contribution in [2.24, 2.45) is 0 Å². The molecule has 0 saturated carbocycles. The monoisotopic (exact) mass is 227 g/mol. The van der Waals surface area contributed by atoms with Gasteiger partial charge in [-0.2, -0.15) is 0 Å². The molecule has 0 aromatic heterocycles. The molecule has 0 unspecified atom stereocenters. The van der Waals surface area contributed by atoms with E-state index in [1.165, 1.54) is 29.2 Å². The molecule has 0 aliphatic carbocycles. The fourth-order valence-corrected chi connectivity index (χ4v) is 2.74. The van der Waals surface area contributed by atoms with E-state index >= 15 is 0 Å². The predicted molar refractivity (Wildman–Crippen MR) is 70.5 cm³/mol. The van der Waals surface area contributed by atoms with Crippen LogP contribution in [0.25, 0.3) is 10.8 Å². The number of nitrogens with one attached hydrogen (secondary N) is 1. The molecular formula is C15H17NO. The molecule has 3 rings (SSSR count). The van der Waals surface area contributed by atoms with Crippen LogP contribution in [0.4, 0.5) is 0 Å². The average Bonchev–Trinajstić information content (AvgIpc) is 2.91. The molecule has 0 bridgehead atoms. The van der Waals surface area contributed by atoms with E-state index in [1.54, 1.807) is 7.11 Å². The van der Waals surface area contributed by atoms with Crippen LogP contribution in [0.1, 0.15) is 24.4 Å². The van der Waals surface area contributed by atoms with E-state index in [2.05, 4.69) is 41.7 Å². The first kappa shape index (κ1) is 10.6. The summed E-state index contributed by atoms with van der Waals surface area (Å²) in [5.74, 6) is 1.00. The third kappa shape index (κ3) is 1.79. The van der Waals surface area contributed by atoms with Gasteiger partial charge >= 0.3 is 0 Å². The lowest BCUT2D eigenvalue weighted by molar-refractivity contribution is 0.404. The van der Waals surface area contributed by atoms with Crippen LogP contribution in [0.15, 0.2) is 36.4 Å². The molecule has 1 atom stereocenters. The van der Waals surface area contributed by atoms with E-state index in [-0.39, 0.29) is 0 Å². The smallest absolute Gasteiger partial charge is 0.124 e. The summed E-state index contributed by atoms with van der Waals surface area (Å²) >= 11 is 0. The first-order valence-electron chi connectivity index (χ1n) is 6.19. The summed E-state index contributed by atoms with van der Waals surface area (Å²) in [6.07, 6.45) is 2.45. The summed E-state index contributed by atoms with van der Waals surface area (Å²) < 4.78 is 5.53. The Hall–Kier alpha value is -1.54. The van der Waals surface area contributed by atoms with E-state index < -0.39 is 0 Å². The van der Waals surface area contributed by atoms with Gasteiger partial charge in [0, 0.05) is 11.6 Å². The maximum absolute atomic E-state index is 5.53. The maximum atomic E-state index is 5.53. The Morgan fingerprint density at radius 1 is 1.18 bits per heavy atom. The first-order valence-corrected chi connectivity index (χ1v) is 6.19. The quantitative estimate of drug-likeness (QED) is 0.850. The van der Waals surface area contributed by atoms with Gasteiger partial charge in [0.05, 0.1) is 7.11 Å². The van der Waals surface area contributed by atoms with Gasteiger partial charge in [-0.25, -0.2) is 0 Å². The second kappa shape index (κ2) is 4.38. The molecule has 1 fully saturated rings. The van der Waals surface area contributed by atoms with Gasteiger partial charge in [0.25, 0.3) is 0 Å². The van der Waals surface area contributed by atoms with Crippen molar-refractivity contribution < 1.29 is 4.74 Å². The minimum atomic E-state index is 0.441. The second-order valence-corrected chi connectivity index (χ2v) is 4.55. The largest absolute Gasteiger partial charge is 0.496 e. The zero-order valence-corrected chi connectivity index (χ0v) is 10.1. The summed E-state index contributed by atoms with van der Waals surface area (Å²) in [6, 6.07) is 13.2. The molecule has 2 aromatic carbocycles. The predicted octanol–water partition coefficient (Wildman–Crippen LogP) is 3.27. The van der Waals surface area contributed by atoms with E-state index in [4.69, 9.17) is 4.74 Å². The normalized spacial score (nSPS) is 19.7. The highest BCUT2D eigenvalue weighted by Crippen LogP contribution is 2.36. The van der Waals surface area contributed by atoms with E-state index in [9.17, 15) is 0 Å². The third-order valence-corrected chi connectivity index (χ3v) is 3.56. The Kier molecular flexibility index (Phi) is 2.73. The number of ether oxygens (including phenoxy) is 1. The third-order valence-electron chi connectivity index (χ3n) is 3.56. The zero-order valence-electron chi connectivity index (χ0n) is 10.1. The van der Waals surface area contributed by atoms with Gasteiger partial charge in [-0.3, -0.25) is 0 Å². The highest BCUT2D eigenvalue weighted by Gasteiger charge is 2.21. The van der Waals surface area contributed by atoms with Crippen molar-refractivity contribution in [3.63, 3.8) is 0 Å². The van der Waals surface area contributed by atoms with Gasteiger partial charge in [0.2, 0.25) is 0 Å². The molecule has 0 radical (unpaired) electrons. The summed E-state index contributed by atoms with van der Waals surface area (Å²) in [7, 11) is 1.75. The molecule has 1 aliphatic rings. The highest BCUT2D eigenvalue weighted by molar-refractivity contribution is 5.88. The molecule has 1 saturated heterocycles. The minimum Gasteiger partial charge on any atom is -0.496 e. The lowest BCUT2D eigenvalue weighted by Crippen LogP contribution is -2.14. The van der Waals surface area contributed by atoms with Crippen LogP contribution in [0.2, 0.25) is 0 Å².